The molecule has 0 fully saturated rings. The first-order valence-corrected chi connectivity index (χ1v) is 10.1. The molecule has 1 aromatic carbocycles. The molecular weight excluding hydrogens is 390 g/mol. The second kappa shape index (κ2) is 7.47. The second-order valence-electron chi connectivity index (χ2n) is 5.59. The smallest absolute Gasteiger partial charge is 0.274 e. The van der Waals surface area contributed by atoms with Gasteiger partial charge in [-0.2, -0.15) is 0 Å². The third-order valence-corrected chi connectivity index (χ3v) is 6.27. The number of carbonyl (C=O) groups is 1. The van der Waals surface area contributed by atoms with E-state index >= 15 is 0 Å². The zero-order valence-electron chi connectivity index (χ0n) is 14.5. The normalized spacial score (nSPS) is 11.4. The molecule has 0 aliphatic rings. The van der Waals surface area contributed by atoms with E-state index in [1.54, 1.807) is 36.9 Å². The van der Waals surface area contributed by atoms with Gasteiger partial charge >= 0.3 is 0 Å². The van der Waals surface area contributed by atoms with Gasteiger partial charge in [-0.25, -0.2) is 18.2 Å². The van der Waals surface area contributed by atoms with Crippen LogP contribution in [0.4, 0.5) is 0 Å². The van der Waals surface area contributed by atoms with Crippen LogP contribution < -0.4 is 15.2 Å². The fraction of sp³-hybridized carbons (Fsp3) is 0.188. The molecule has 1 amide bonds. The van der Waals surface area contributed by atoms with Gasteiger partial charge in [0.25, 0.3) is 5.91 Å². The molecule has 27 heavy (non-hydrogen) atoms. The fourth-order valence-electron chi connectivity index (χ4n) is 2.38. The molecule has 3 rings (SSSR count). The summed E-state index contributed by atoms with van der Waals surface area (Å²) in [6.07, 6.45) is 0. The number of sulfonamides is 1. The molecule has 0 saturated heterocycles. The Morgan fingerprint density at radius 3 is 2.78 bits per heavy atom. The summed E-state index contributed by atoms with van der Waals surface area (Å²) in [5.41, 5.74) is 1.47. The summed E-state index contributed by atoms with van der Waals surface area (Å²) in [4.78, 5) is 13.1. The molecule has 0 spiro atoms. The molecule has 0 atom stereocenters. The summed E-state index contributed by atoms with van der Waals surface area (Å²) in [5.74, 6) is 0.254. The van der Waals surface area contributed by atoms with Gasteiger partial charge in [0.05, 0.1) is 25.0 Å². The summed E-state index contributed by atoms with van der Waals surface area (Å²) >= 11 is 1.00. The molecule has 2 heterocycles. The van der Waals surface area contributed by atoms with E-state index in [0.717, 1.165) is 17.0 Å². The average molecular weight is 407 g/mol. The average Bonchev–Trinajstić information content (AvgIpc) is 3.26. The first kappa shape index (κ1) is 19.0. The third-order valence-electron chi connectivity index (χ3n) is 3.75. The molecule has 0 aliphatic heterocycles. The minimum absolute atomic E-state index is 0.0481. The maximum absolute atomic E-state index is 12.4. The molecule has 3 aromatic rings. The lowest BCUT2D eigenvalue weighted by Crippen LogP contribution is -2.23. The van der Waals surface area contributed by atoms with Gasteiger partial charge in [0, 0.05) is 10.9 Å². The van der Waals surface area contributed by atoms with Gasteiger partial charge < -0.3 is 10.1 Å². The van der Waals surface area contributed by atoms with Crippen LogP contribution in [0.1, 0.15) is 21.1 Å². The standard InChI is InChI=1S/C16H17N5O4S2/c1-10-15(19-20-21(10)11-4-3-5-12(8-11)25-2)16(22)18-9-13-6-7-14(26-13)27(17,23)24/h3-8H,9H2,1-2H3,(H,18,22)(H2,17,23,24). The third kappa shape index (κ3) is 4.15. The Labute approximate surface area is 159 Å². The van der Waals surface area contributed by atoms with Gasteiger partial charge in [-0.05, 0) is 31.2 Å². The van der Waals surface area contributed by atoms with Crippen molar-refractivity contribution in [1.82, 2.24) is 20.3 Å². The lowest BCUT2D eigenvalue weighted by Gasteiger charge is -2.06. The van der Waals surface area contributed by atoms with Gasteiger partial charge in [-0.3, -0.25) is 4.79 Å². The van der Waals surface area contributed by atoms with Gasteiger partial charge in [0.1, 0.15) is 9.96 Å². The molecule has 11 heteroatoms. The number of aromatic nitrogens is 3. The van der Waals surface area contributed by atoms with E-state index in [0.29, 0.717) is 16.3 Å². The number of nitrogens with zero attached hydrogens (tertiary/aromatic N) is 3. The highest BCUT2D eigenvalue weighted by Crippen LogP contribution is 2.21. The Kier molecular flexibility index (Phi) is 5.26. The predicted molar refractivity (Wildman–Crippen MR) is 99.5 cm³/mol. The minimum Gasteiger partial charge on any atom is -0.497 e. The zero-order valence-corrected chi connectivity index (χ0v) is 16.2. The van der Waals surface area contributed by atoms with Crippen molar-refractivity contribution in [3.05, 3.63) is 52.7 Å². The largest absolute Gasteiger partial charge is 0.497 e. The number of nitrogens with one attached hydrogen (secondary N) is 1. The summed E-state index contributed by atoms with van der Waals surface area (Å²) in [6, 6.07) is 10.2. The van der Waals surface area contributed by atoms with E-state index < -0.39 is 15.9 Å². The van der Waals surface area contributed by atoms with Crippen LogP contribution in [-0.2, 0) is 16.6 Å². The van der Waals surface area contributed by atoms with E-state index in [9.17, 15) is 13.2 Å². The Balaban J connectivity index is 1.74. The molecule has 3 N–H and O–H groups in total. The topological polar surface area (TPSA) is 129 Å². The van der Waals surface area contributed by atoms with Crippen LogP contribution in [0.15, 0.2) is 40.6 Å². The van der Waals surface area contributed by atoms with Crippen molar-refractivity contribution >= 4 is 27.3 Å². The maximum atomic E-state index is 12.4. The van der Waals surface area contributed by atoms with Gasteiger partial charge in [0.2, 0.25) is 10.0 Å². The number of benzene rings is 1. The number of rotatable bonds is 6. The van der Waals surface area contributed by atoms with Crippen LogP contribution in [0.25, 0.3) is 5.69 Å². The van der Waals surface area contributed by atoms with Crippen LogP contribution in [0.3, 0.4) is 0 Å². The molecule has 2 aromatic heterocycles. The molecule has 0 saturated carbocycles. The summed E-state index contributed by atoms with van der Waals surface area (Å²) in [5, 5.41) is 15.8. The van der Waals surface area contributed by atoms with Crippen LogP contribution in [-0.4, -0.2) is 36.4 Å². The maximum Gasteiger partial charge on any atom is 0.274 e. The van der Waals surface area contributed by atoms with Crippen molar-refractivity contribution in [2.24, 2.45) is 5.14 Å². The lowest BCUT2D eigenvalue weighted by atomic mass is 10.2. The first-order valence-electron chi connectivity index (χ1n) is 7.76. The molecular formula is C16H17N5O4S2. The highest BCUT2D eigenvalue weighted by Gasteiger charge is 2.18. The Hall–Kier alpha value is -2.76. The van der Waals surface area contributed by atoms with Crippen molar-refractivity contribution in [3.63, 3.8) is 0 Å². The highest BCUT2D eigenvalue weighted by molar-refractivity contribution is 7.91. The van der Waals surface area contributed by atoms with E-state index in [2.05, 4.69) is 15.6 Å². The summed E-state index contributed by atoms with van der Waals surface area (Å²) < 4.78 is 29.4. The van der Waals surface area contributed by atoms with Crippen LogP contribution >= 0.6 is 11.3 Å². The monoisotopic (exact) mass is 407 g/mol. The SMILES string of the molecule is COc1cccc(-n2nnc(C(=O)NCc3ccc(S(N)(=O)=O)s3)c2C)c1. The number of hydrogen-bond acceptors (Lipinski definition) is 7. The van der Waals surface area contributed by atoms with Crippen molar-refractivity contribution in [2.45, 2.75) is 17.7 Å². The number of hydrogen-bond donors (Lipinski definition) is 2. The number of thiophene rings is 1. The molecule has 0 bridgehead atoms. The second-order valence-corrected chi connectivity index (χ2v) is 8.54. The van der Waals surface area contributed by atoms with Crippen LogP contribution in [0.5, 0.6) is 5.75 Å². The summed E-state index contributed by atoms with van der Waals surface area (Å²) in [6.45, 7) is 1.89. The van der Waals surface area contributed by atoms with E-state index in [1.165, 1.54) is 6.07 Å². The molecule has 0 aliphatic carbocycles. The van der Waals surface area contributed by atoms with E-state index in [1.807, 2.05) is 12.1 Å². The summed E-state index contributed by atoms with van der Waals surface area (Å²) in [7, 11) is -2.18. The van der Waals surface area contributed by atoms with Crippen molar-refractivity contribution in [3.8, 4) is 11.4 Å². The van der Waals surface area contributed by atoms with Gasteiger partial charge in [-0.1, -0.05) is 11.3 Å². The zero-order chi connectivity index (χ0) is 19.6. The van der Waals surface area contributed by atoms with Gasteiger partial charge in [0.15, 0.2) is 5.69 Å². The van der Waals surface area contributed by atoms with Crippen molar-refractivity contribution in [2.75, 3.05) is 7.11 Å². The minimum atomic E-state index is -3.74. The van der Waals surface area contributed by atoms with Gasteiger partial charge in [-0.15, -0.1) is 16.4 Å². The highest BCUT2D eigenvalue weighted by atomic mass is 32.2. The Morgan fingerprint density at radius 2 is 2.11 bits per heavy atom. The number of primary sulfonamides is 1. The number of methoxy groups -OCH3 is 1. The van der Waals surface area contributed by atoms with Crippen molar-refractivity contribution < 1.29 is 17.9 Å². The molecule has 9 nitrogen and oxygen atoms in total. The fourth-order valence-corrected chi connectivity index (χ4v) is 4.10. The van der Waals surface area contributed by atoms with Crippen LogP contribution in [0, 0.1) is 6.92 Å². The predicted octanol–water partition coefficient (Wildman–Crippen LogP) is 1.22. The number of nitrogens with two attached hydrogens (primary N) is 1. The number of amides is 1. The Morgan fingerprint density at radius 1 is 1.33 bits per heavy atom. The quantitative estimate of drug-likeness (QED) is 0.632. The number of ether oxygens (including phenoxy) is 1. The molecule has 0 unspecified atom stereocenters. The first-order chi connectivity index (χ1) is 12.8. The lowest BCUT2D eigenvalue weighted by molar-refractivity contribution is 0.0945. The van der Waals surface area contributed by atoms with Crippen LogP contribution in [0.2, 0.25) is 0 Å². The number of carbonyl (C=O) groups excluding carboxylic acids is 1. The van der Waals surface area contributed by atoms with E-state index in [-0.39, 0.29) is 16.4 Å². The van der Waals surface area contributed by atoms with E-state index in [4.69, 9.17) is 9.88 Å². The molecule has 0 radical (unpaired) electrons. The van der Waals surface area contributed by atoms with Crippen molar-refractivity contribution in [1.29, 1.82) is 0 Å². The Bertz CT molecular complexity index is 1090. The molecule has 142 valence electrons.